The molecule has 4 rings (SSSR count). The molecule has 2 aliphatic rings. The van der Waals surface area contributed by atoms with Gasteiger partial charge in [0.05, 0.1) is 6.10 Å². The van der Waals surface area contributed by atoms with Crippen LogP contribution in [0.1, 0.15) is 34.8 Å². The molecular formula is C24H29N3O4. The lowest BCUT2D eigenvalue weighted by Crippen LogP contribution is -2.54. The van der Waals surface area contributed by atoms with Gasteiger partial charge in [-0.25, -0.2) is 0 Å². The zero-order valence-electron chi connectivity index (χ0n) is 17.6. The van der Waals surface area contributed by atoms with Crippen LogP contribution in [-0.2, 0) is 4.79 Å². The second kappa shape index (κ2) is 9.49. The van der Waals surface area contributed by atoms with E-state index in [2.05, 4.69) is 4.90 Å². The average Bonchev–Trinajstić information content (AvgIpc) is 2.81. The van der Waals surface area contributed by atoms with Crippen LogP contribution in [0.3, 0.4) is 0 Å². The maximum absolute atomic E-state index is 13.6. The molecule has 0 aliphatic carbocycles. The predicted octanol–water partition coefficient (Wildman–Crippen LogP) is 1.87. The Kier molecular flexibility index (Phi) is 6.53. The Bertz CT molecular complexity index is 904. The fraction of sp³-hybridized carbons (Fsp3) is 0.417. The molecule has 0 spiro atoms. The topological polar surface area (TPSA) is 84.3 Å². The lowest BCUT2D eigenvalue weighted by atomic mass is 9.99. The summed E-state index contributed by atoms with van der Waals surface area (Å²) >= 11 is 0. The summed E-state index contributed by atoms with van der Waals surface area (Å²) in [5.41, 5.74) is 1.41. The highest BCUT2D eigenvalue weighted by Crippen LogP contribution is 2.27. The maximum Gasteiger partial charge on any atom is 0.254 e. The third kappa shape index (κ3) is 4.89. The van der Waals surface area contributed by atoms with Crippen LogP contribution in [0.15, 0.2) is 54.6 Å². The van der Waals surface area contributed by atoms with Crippen molar-refractivity contribution in [2.24, 2.45) is 0 Å². The summed E-state index contributed by atoms with van der Waals surface area (Å²) in [6.07, 6.45) is 1.04. The minimum atomic E-state index is -0.373. The Balaban J connectivity index is 1.44. The number of carbonyl (C=O) groups is 2. The summed E-state index contributed by atoms with van der Waals surface area (Å²) < 4.78 is 0. The van der Waals surface area contributed by atoms with E-state index >= 15 is 0 Å². The van der Waals surface area contributed by atoms with Gasteiger partial charge in [-0.1, -0.05) is 36.4 Å². The summed E-state index contributed by atoms with van der Waals surface area (Å²) in [5.74, 6) is -0.0170. The molecule has 31 heavy (non-hydrogen) atoms. The van der Waals surface area contributed by atoms with Gasteiger partial charge in [-0.05, 0) is 36.6 Å². The second-order valence-corrected chi connectivity index (χ2v) is 8.25. The third-order valence-corrected chi connectivity index (χ3v) is 6.19. The molecule has 2 fully saturated rings. The number of aromatic hydroxyl groups is 1. The standard InChI is InChI=1S/C24H29N3O4/c28-20-9-11-25(12-10-20)22(18-5-2-1-3-6-18)24(31)27-15-13-26(14-16-27)23(30)19-7-4-8-21(29)17-19/h1-8,17,20,22,28-29H,9-16H2/t22-/m1/s1. The van der Waals surface area contributed by atoms with E-state index in [9.17, 15) is 19.8 Å². The number of hydrogen-bond acceptors (Lipinski definition) is 5. The van der Waals surface area contributed by atoms with Crippen LogP contribution in [0.25, 0.3) is 0 Å². The molecule has 2 amide bonds. The first-order chi connectivity index (χ1) is 15.0. The highest BCUT2D eigenvalue weighted by atomic mass is 16.3. The van der Waals surface area contributed by atoms with E-state index in [0.29, 0.717) is 57.7 Å². The number of nitrogens with zero attached hydrogens (tertiary/aromatic N) is 3. The van der Waals surface area contributed by atoms with Crippen LogP contribution in [0.4, 0.5) is 0 Å². The SMILES string of the molecule is O=C(c1cccc(O)c1)N1CCN(C(=O)[C@@H](c2ccccc2)N2CCC(O)CC2)CC1. The van der Waals surface area contributed by atoms with Gasteiger partial charge < -0.3 is 20.0 Å². The molecular weight excluding hydrogens is 394 g/mol. The third-order valence-electron chi connectivity index (χ3n) is 6.19. The Morgan fingerprint density at radius 2 is 1.48 bits per heavy atom. The average molecular weight is 424 g/mol. The summed E-state index contributed by atoms with van der Waals surface area (Å²) in [6, 6.07) is 15.8. The van der Waals surface area contributed by atoms with Gasteiger partial charge in [0.25, 0.3) is 5.91 Å². The molecule has 2 aliphatic heterocycles. The lowest BCUT2D eigenvalue weighted by Gasteiger charge is -2.41. The number of hydrogen-bond donors (Lipinski definition) is 2. The first kappa shape index (κ1) is 21.3. The number of piperidine rings is 1. The van der Waals surface area contributed by atoms with Crippen molar-refractivity contribution < 1.29 is 19.8 Å². The number of piperazine rings is 1. The predicted molar refractivity (Wildman–Crippen MR) is 117 cm³/mol. The molecule has 7 heteroatoms. The van der Waals surface area contributed by atoms with Crippen molar-refractivity contribution in [2.45, 2.75) is 25.0 Å². The zero-order valence-corrected chi connectivity index (χ0v) is 17.6. The Hall–Kier alpha value is -2.90. The number of aliphatic hydroxyl groups is 1. The summed E-state index contributed by atoms with van der Waals surface area (Å²) in [5, 5.41) is 19.5. The molecule has 0 saturated carbocycles. The number of phenols is 1. The summed E-state index contributed by atoms with van der Waals surface area (Å²) in [4.78, 5) is 32.0. The van der Waals surface area contributed by atoms with Crippen molar-refractivity contribution in [2.75, 3.05) is 39.3 Å². The summed E-state index contributed by atoms with van der Waals surface area (Å²) in [6.45, 7) is 3.23. The number of benzene rings is 2. The van der Waals surface area contributed by atoms with Gasteiger partial charge in [0.2, 0.25) is 5.91 Å². The first-order valence-corrected chi connectivity index (χ1v) is 10.9. The molecule has 2 saturated heterocycles. The molecule has 2 N–H and O–H groups in total. The van der Waals surface area contributed by atoms with Gasteiger partial charge in [-0.15, -0.1) is 0 Å². The number of carbonyl (C=O) groups excluding carboxylic acids is 2. The molecule has 0 aromatic heterocycles. The number of amides is 2. The van der Waals surface area contributed by atoms with Gasteiger partial charge in [0, 0.05) is 44.8 Å². The molecule has 0 radical (unpaired) electrons. The smallest absolute Gasteiger partial charge is 0.254 e. The molecule has 1 atom stereocenters. The van der Waals surface area contributed by atoms with Gasteiger partial charge in [0.15, 0.2) is 0 Å². The van der Waals surface area contributed by atoms with Crippen molar-refractivity contribution in [1.82, 2.24) is 14.7 Å². The van der Waals surface area contributed by atoms with Gasteiger partial charge >= 0.3 is 0 Å². The molecule has 0 bridgehead atoms. The van der Waals surface area contributed by atoms with Crippen LogP contribution in [0.5, 0.6) is 5.75 Å². The van der Waals surface area contributed by atoms with Crippen molar-refractivity contribution in [3.63, 3.8) is 0 Å². The molecule has 2 aromatic rings. The number of aliphatic hydroxyl groups excluding tert-OH is 1. The largest absolute Gasteiger partial charge is 0.508 e. The van der Waals surface area contributed by atoms with Gasteiger partial charge in [0.1, 0.15) is 11.8 Å². The fourth-order valence-electron chi connectivity index (χ4n) is 4.41. The Morgan fingerprint density at radius 1 is 0.839 bits per heavy atom. The van der Waals surface area contributed by atoms with E-state index in [4.69, 9.17) is 0 Å². The monoisotopic (exact) mass is 423 g/mol. The van der Waals surface area contributed by atoms with E-state index in [1.807, 2.05) is 35.2 Å². The van der Waals surface area contributed by atoms with Gasteiger partial charge in [-0.3, -0.25) is 14.5 Å². The number of phenolic OH excluding ortho intramolecular Hbond substituents is 1. The second-order valence-electron chi connectivity index (χ2n) is 8.25. The highest BCUT2D eigenvalue weighted by molar-refractivity contribution is 5.94. The molecule has 0 unspecified atom stereocenters. The van der Waals surface area contributed by atoms with E-state index in [1.54, 1.807) is 17.0 Å². The zero-order chi connectivity index (χ0) is 21.8. The maximum atomic E-state index is 13.6. The summed E-state index contributed by atoms with van der Waals surface area (Å²) in [7, 11) is 0. The van der Waals surface area contributed by atoms with Gasteiger partial charge in [-0.2, -0.15) is 0 Å². The van der Waals surface area contributed by atoms with Crippen molar-refractivity contribution in [1.29, 1.82) is 0 Å². The van der Waals surface area contributed by atoms with E-state index in [0.717, 1.165) is 5.56 Å². The van der Waals surface area contributed by atoms with Crippen molar-refractivity contribution in [3.8, 4) is 5.75 Å². The molecule has 164 valence electrons. The minimum Gasteiger partial charge on any atom is -0.508 e. The normalized spacial score (nSPS) is 19.3. The van der Waals surface area contributed by atoms with Crippen LogP contribution < -0.4 is 0 Å². The van der Waals surface area contributed by atoms with Crippen LogP contribution in [0, 0.1) is 0 Å². The first-order valence-electron chi connectivity index (χ1n) is 10.9. The van der Waals surface area contributed by atoms with E-state index in [1.165, 1.54) is 12.1 Å². The lowest BCUT2D eigenvalue weighted by molar-refractivity contribution is -0.139. The molecule has 2 aromatic carbocycles. The quantitative estimate of drug-likeness (QED) is 0.785. The van der Waals surface area contributed by atoms with E-state index < -0.39 is 0 Å². The molecule has 7 nitrogen and oxygen atoms in total. The number of rotatable bonds is 4. The van der Waals surface area contributed by atoms with E-state index in [-0.39, 0.29) is 29.7 Å². The minimum absolute atomic E-state index is 0.0482. The van der Waals surface area contributed by atoms with Crippen LogP contribution in [0.2, 0.25) is 0 Å². The van der Waals surface area contributed by atoms with Crippen molar-refractivity contribution in [3.05, 3.63) is 65.7 Å². The Morgan fingerprint density at radius 3 is 2.13 bits per heavy atom. The van der Waals surface area contributed by atoms with Crippen LogP contribution >= 0.6 is 0 Å². The molecule has 2 heterocycles. The number of likely N-dealkylation sites (tertiary alicyclic amines) is 1. The van der Waals surface area contributed by atoms with Crippen molar-refractivity contribution >= 4 is 11.8 Å². The van der Waals surface area contributed by atoms with Crippen LogP contribution in [-0.4, -0.2) is 82.1 Å². The highest BCUT2D eigenvalue weighted by Gasteiger charge is 2.35. The Labute approximate surface area is 182 Å². The fourth-order valence-corrected chi connectivity index (χ4v) is 4.41.